The van der Waals surface area contributed by atoms with Crippen LogP contribution in [0.25, 0.3) is 0 Å². The van der Waals surface area contributed by atoms with Crippen LogP contribution in [0.5, 0.6) is 28.7 Å². The Hall–Kier alpha value is -3.45. The summed E-state index contributed by atoms with van der Waals surface area (Å²) in [5.41, 5.74) is 2.33. The van der Waals surface area contributed by atoms with Gasteiger partial charge in [-0.15, -0.1) is 0 Å². The third-order valence-corrected chi connectivity index (χ3v) is 5.39. The number of Topliss-reactive ketones (excluding diaryl/α,β-unsaturated/α-hetero) is 1. The highest BCUT2D eigenvalue weighted by molar-refractivity contribution is 6.06. The summed E-state index contributed by atoms with van der Waals surface area (Å²) in [5, 5.41) is 52.4. The van der Waals surface area contributed by atoms with Gasteiger partial charge in [-0.25, -0.2) is 0 Å². The molecule has 2 aromatic rings. The number of ether oxygens (including phenoxy) is 1. The van der Waals surface area contributed by atoms with Crippen LogP contribution in [0.15, 0.2) is 41.5 Å². The summed E-state index contributed by atoms with van der Waals surface area (Å²) >= 11 is 0. The Labute approximate surface area is 186 Å². The van der Waals surface area contributed by atoms with Gasteiger partial charge in [-0.3, -0.25) is 4.79 Å². The zero-order valence-electron chi connectivity index (χ0n) is 18.5. The molecule has 170 valence electrons. The van der Waals surface area contributed by atoms with Crippen molar-refractivity contribution < 1.29 is 35.1 Å². The van der Waals surface area contributed by atoms with Crippen molar-refractivity contribution in [2.75, 3.05) is 0 Å². The minimum atomic E-state index is -1.71. The van der Waals surface area contributed by atoms with Gasteiger partial charge in [-0.2, -0.15) is 0 Å². The maximum atomic E-state index is 13.2. The molecule has 0 saturated heterocycles. The van der Waals surface area contributed by atoms with Gasteiger partial charge in [0.2, 0.25) is 5.78 Å². The molecule has 7 heteroatoms. The molecule has 2 atom stereocenters. The van der Waals surface area contributed by atoms with Crippen LogP contribution in [-0.4, -0.2) is 37.4 Å². The molecule has 7 nitrogen and oxygen atoms in total. The molecular weight excluding hydrogens is 412 g/mol. The Morgan fingerprint density at radius 1 is 0.938 bits per heavy atom. The smallest absolute Gasteiger partial charge is 0.202 e. The normalized spacial score (nSPS) is 17.3. The summed E-state index contributed by atoms with van der Waals surface area (Å²) < 4.78 is 5.95. The maximum absolute atomic E-state index is 13.2. The number of carbonyl (C=O) groups is 1. The van der Waals surface area contributed by atoms with Crippen molar-refractivity contribution >= 4 is 5.78 Å². The van der Waals surface area contributed by atoms with Crippen molar-refractivity contribution in [1.29, 1.82) is 0 Å². The molecule has 0 aliphatic carbocycles. The molecule has 3 rings (SSSR count). The van der Waals surface area contributed by atoms with E-state index < -0.39 is 23.7 Å². The number of rotatable bonds is 5. The first-order valence-electron chi connectivity index (χ1n) is 10.3. The molecule has 1 aliphatic heterocycles. The van der Waals surface area contributed by atoms with Crippen LogP contribution in [0.2, 0.25) is 0 Å². The molecule has 1 unspecified atom stereocenters. The van der Waals surface area contributed by atoms with E-state index in [0.29, 0.717) is 5.56 Å². The minimum absolute atomic E-state index is 0.0359. The van der Waals surface area contributed by atoms with E-state index in [-0.39, 0.29) is 52.5 Å². The van der Waals surface area contributed by atoms with Crippen molar-refractivity contribution in [2.24, 2.45) is 0 Å². The van der Waals surface area contributed by atoms with Gasteiger partial charge in [0.1, 0.15) is 34.3 Å². The van der Waals surface area contributed by atoms with E-state index in [4.69, 9.17) is 4.74 Å². The lowest BCUT2D eigenvalue weighted by molar-refractivity contribution is 0.0198. The zero-order valence-corrected chi connectivity index (χ0v) is 18.5. The van der Waals surface area contributed by atoms with E-state index >= 15 is 0 Å². The third-order valence-electron chi connectivity index (χ3n) is 5.39. The molecule has 1 aliphatic rings. The number of allylic oxidation sites excluding steroid dienone is 4. The van der Waals surface area contributed by atoms with Crippen LogP contribution in [0.4, 0.5) is 0 Å². The molecule has 0 fully saturated rings. The van der Waals surface area contributed by atoms with E-state index in [2.05, 4.69) is 0 Å². The van der Waals surface area contributed by atoms with E-state index in [0.717, 1.165) is 17.2 Å². The van der Waals surface area contributed by atoms with Gasteiger partial charge in [0.15, 0.2) is 12.2 Å². The Morgan fingerprint density at radius 3 is 2.09 bits per heavy atom. The second kappa shape index (κ2) is 8.96. The van der Waals surface area contributed by atoms with Crippen LogP contribution in [0, 0.1) is 0 Å². The van der Waals surface area contributed by atoms with Crippen molar-refractivity contribution in [3.63, 3.8) is 0 Å². The highest BCUT2D eigenvalue weighted by Crippen LogP contribution is 2.49. The van der Waals surface area contributed by atoms with Crippen LogP contribution >= 0.6 is 0 Å². The topological polar surface area (TPSA) is 127 Å². The zero-order chi connectivity index (χ0) is 23.7. The fourth-order valence-corrected chi connectivity index (χ4v) is 3.65. The third kappa shape index (κ3) is 4.29. The van der Waals surface area contributed by atoms with Crippen LogP contribution in [0.3, 0.4) is 0 Å². The first-order chi connectivity index (χ1) is 15.0. The average molecular weight is 440 g/mol. The van der Waals surface area contributed by atoms with E-state index in [1.54, 1.807) is 0 Å². The standard InChI is InChI=1S/C25H28O7/c1-12(2)5-8-16-20(28)17(9-6-13(3)4)24-19(21(16)29)22(30)23(31)25(32-24)15-10-7-14(26)11-18(15)27/h5-7,10-11,23,25-29,31H,8-9H2,1-4H3/t23-,25?/m0/s1. The number of hydrogen-bond acceptors (Lipinski definition) is 7. The lowest BCUT2D eigenvalue weighted by atomic mass is 9.87. The summed E-state index contributed by atoms with van der Waals surface area (Å²) in [6.45, 7) is 7.54. The Bertz CT molecular complexity index is 1120. The summed E-state index contributed by atoms with van der Waals surface area (Å²) in [6.07, 6.45) is 1.10. The van der Waals surface area contributed by atoms with Crippen molar-refractivity contribution in [1.82, 2.24) is 0 Å². The summed E-state index contributed by atoms with van der Waals surface area (Å²) in [4.78, 5) is 13.2. The maximum Gasteiger partial charge on any atom is 0.202 e. The molecule has 0 aromatic heterocycles. The molecule has 0 spiro atoms. The SMILES string of the molecule is CC(C)=CCc1c(O)c(CC=C(C)C)c2c(c1O)C(=O)[C@H](O)C(c1ccc(O)cc1O)O2. The number of carbonyl (C=O) groups excluding carboxylic acids is 1. The Morgan fingerprint density at radius 2 is 1.53 bits per heavy atom. The number of ketones is 1. The second-order valence-corrected chi connectivity index (χ2v) is 8.42. The number of aliphatic hydroxyl groups is 1. The van der Waals surface area contributed by atoms with Crippen molar-refractivity contribution in [3.8, 4) is 28.7 Å². The molecule has 0 amide bonds. The lowest BCUT2D eigenvalue weighted by Gasteiger charge is -2.32. The monoisotopic (exact) mass is 440 g/mol. The Kier molecular flexibility index (Phi) is 6.50. The van der Waals surface area contributed by atoms with E-state index in [1.807, 2.05) is 39.8 Å². The molecule has 0 saturated carbocycles. The van der Waals surface area contributed by atoms with Gasteiger partial charge in [-0.1, -0.05) is 23.3 Å². The predicted molar refractivity (Wildman–Crippen MR) is 120 cm³/mol. The number of hydrogen-bond donors (Lipinski definition) is 5. The minimum Gasteiger partial charge on any atom is -0.508 e. The number of phenolic OH excluding ortho intramolecular Hbond substituents is 4. The Balaban J connectivity index is 2.24. The molecule has 2 aromatic carbocycles. The first kappa shape index (κ1) is 23.2. The number of aliphatic hydroxyl groups excluding tert-OH is 1. The van der Waals surface area contributed by atoms with E-state index in [9.17, 15) is 30.3 Å². The molecular formula is C25H28O7. The van der Waals surface area contributed by atoms with E-state index in [1.165, 1.54) is 12.1 Å². The van der Waals surface area contributed by atoms with Gasteiger partial charge in [-0.05, 0) is 52.7 Å². The number of phenols is 4. The second-order valence-electron chi connectivity index (χ2n) is 8.42. The number of fused-ring (bicyclic) bond motifs is 1. The molecule has 0 bridgehead atoms. The fraction of sp³-hybridized carbons (Fsp3) is 0.320. The molecule has 0 radical (unpaired) electrons. The molecule has 1 heterocycles. The number of aromatic hydroxyl groups is 4. The summed E-state index contributed by atoms with van der Waals surface area (Å²) in [7, 11) is 0. The highest BCUT2D eigenvalue weighted by Gasteiger charge is 2.42. The fourth-order valence-electron chi connectivity index (χ4n) is 3.65. The van der Waals surface area contributed by atoms with Crippen molar-refractivity contribution in [2.45, 2.75) is 52.7 Å². The quantitative estimate of drug-likeness (QED) is 0.441. The average Bonchev–Trinajstić information content (AvgIpc) is 2.70. The first-order valence-corrected chi connectivity index (χ1v) is 10.3. The van der Waals surface area contributed by atoms with Crippen LogP contribution in [0.1, 0.15) is 60.8 Å². The van der Waals surface area contributed by atoms with Crippen molar-refractivity contribution in [3.05, 3.63) is 63.8 Å². The highest BCUT2D eigenvalue weighted by atomic mass is 16.5. The molecule has 32 heavy (non-hydrogen) atoms. The predicted octanol–water partition coefficient (Wildman–Crippen LogP) is 4.20. The largest absolute Gasteiger partial charge is 0.508 e. The van der Waals surface area contributed by atoms with Gasteiger partial charge < -0.3 is 30.3 Å². The number of benzene rings is 2. The van der Waals surface area contributed by atoms with Gasteiger partial charge in [0, 0.05) is 22.8 Å². The summed E-state index contributed by atoms with van der Waals surface area (Å²) in [5.74, 6) is -1.98. The summed E-state index contributed by atoms with van der Waals surface area (Å²) in [6, 6.07) is 3.72. The lowest BCUT2D eigenvalue weighted by Crippen LogP contribution is -2.37. The van der Waals surface area contributed by atoms with Gasteiger partial charge in [0.05, 0.1) is 0 Å². The van der Waals surface area contributed by atoms with Gasteiger partial charge >= 0.3 is 0 Å². The molecule has 5 N–H and O–H groups in total. The van der Waals surface area contributed by atoms with Gasteiger partial charge in [0.25, 0.3) is 0 Å². The van der Waals surface area contributed by atoms with Crippen LogP contribution < -0.4 is 4.74 Å². The van der Waals surface area contributed by atoms with Crippen LogP contribution in [-0.2, 0) is 12.8 Å².